The quantitative estimate of drug-likeness (QED) is 0.695. The van der Waals surface area contributed by atoms with Crippen LogP contribution in [0.2, 0.25) is 0 Å². The van der Waals surface area contributed by atoms with E-state index in [9.17, 15) is 18.4 Å². The standard InChI is InChI=1S/C19H17F2N3O3/c1-24(18(26)15-10-22-16-8-3-2-7-14(15)16)11-17(25)23-12-5-4-6-13(9-12)27-19(20)21/h2-10,19,22H,11H2,1H3,(H,23,25). The number of carbonyl (C=O) groups is 2. The van der Waals surface area contributed by atoms with Crippen molar-refractivity contribution in [1.29, 1.82) is 0 Å². The van der Waals surface area contributed by atoms with Crippen molar-refractivity contribution in [3.05, 3.63) is 60.3 Å². The third-order valence-electron chi connectivity index (χ3n) is 3.89. The molecule has 8 heteroatoms. The molecule has 2 amide bonds. The molecule has 0 aliphatic heterocycles. The van der Waals surface area contributed by atoms with Crippen LogP contribution in [0.1, 0.15) is 10.4 Å². The topological polar surface area (TPSA) is 74.4 Å². The lowest BCUT2D eigenvalue weighted by Gasteiger charge is -2.16. The average Bonchev–Trinajstić information content (AvgIpc) is 3.04. The Hall–Kier alpha value is -3.42. The highest BCUT2D eigenvalue weighted by Crippen LogP contribution is 2.20. The van der Waals surface area contributed by atoms with Gasteiger partial charge in [0.25, 0.3) is 5.91 Å². The summed E-state index contributed by atoms with van der Waals surface area (Å²) in [5.41, 5.74) is 1.59. The number of fused-ring (bicyclic) bond motifs is 1. The van der Waals surface area contributed by atoms with Gasteiger partial charge in [0.15, 0.2) is 0 Å². The van der Waals surface area contributed by atoms with Crippen molar-refractivity contribution in [1.82, 2.24) is 9.88 Å². The van der Waals surface area contributed by atoms with E-state index in [1.165, 1.54) is 36.2 Å². The van der Waals surface area contributed by atoms with Gasteiger partial charge in [-0.1, -0.05) is 24.3 Å². The second kappa shape index (κ2) is 7.86. The van der Waals surface area contributed by atoms with Gasteiger partial charge in [-0.3, -0.25) is 9.59 Å². The summed E-state index contributed by atoms with van der Waals surface area (Å²) in [4.78, 5) is 29.1. The van der Waals surface area contributed by atoms with E-state index in [0.29, 0.717) is 11.3 Å². The van der Waals surface area contributed by atoms with E-state index in [2.05, 4.69) is 15.0 Å². The molecular weight excluding hydrogens is 356 g/mol. The lowest BCUT2D eigenvalue weighted by atomic mass is 10.1. The summed E-state index contributed by atoms with van der Waals surface area (Å²) >= 11 is 0. The van der Waals surface area contributed by atoms with Crippen LogP contribution in [0.4, 0.5) is 14.5 Å². The highest BCUT2D eigenvalue weighted by Gasteiger charge is 2.18. The van der Waals surface area contributed by atoms with Crippen molar-refractivity contribution in [3.8, 4) is 5.75 Å². The number of para-hydroxylation sites is 1. The highest BCUT2D eigenvalue weighted by atomic mass is 19.3. The SMILES string of the molecule is CN(CC(=O)Nc1cccc(OC(F)F)c1)C(=O)c1c[nH]c2ccccc12. The molecule has 0 bridgehead atoms. The minimum Gasteiger partial charge on any atom is -0.435 e. The molecule has 0 saturated heterocycles. The van der Waals surface area contributed by atoms with E-state index in [-0.39, 0.29) is 18.2 Å². The molecule has 0 fully saturated rings. The number of alkyl halides is 2. The molecule has 1 aromatic heterocycles. The smallest absolute Gasteiger partial charge is 0.387 e. The number of nitrogens with one attached hydrogen (secondary N) is 2. The lowest BCUT2D eigenvalue weighted by Crippen LogP contribution is -2.34. The minimum atomic E-state index is -2.95. The lowest BCUT2D eigenvalue weighted by molar-refractivity contribution is -0.116. The number of ether oxygens (including phenoxy) is 1. The van der Waals surface area contributed by atoms with Crippen LogP contribution in [0.25, 0.3) is 10.9 Å². The first-order valence-corrected chi connectivity index (χ1v) is 8.10. The van der Waals surface area contributed by atoms with Crippen LogP contribution in [0.3, 0.4) is 0 Å². The van der Waals surface area contributed by atoms with Gasteiger partial charge in [-0.2, -0.15) is 8.78 Å². The van der Waals surface area contributed by atoms with Crippen molar-refractivity contribution in [3.63, 3.8) is 0 Å². The largest absolute Gasteiger partial charge is 0.435 e. The van der Waals surface area contributed by atoms with Crippen molar-refractivity contribution in [2.75, 3.05) is 18.9 Å². The Morgan fingerprint density at radius 2 is 1.96 bits per heavy atom. The maximum Gasteiger partial charge on any atom is 0.387 e. The van der Waals surface area contributed by atoms with Gasteiger partial charge in [0, 0.05) is 35.9 Å². The molecular formula is C19H17F2N3O3. The Bertz CT molecular complexity index is 971. The van der Waals surface area contributed by atoms with E-state index in [1.54, 1.807) is 6.20 Å². The zero-order chi connectivity index (χ0) is 19.4. The Labute approximate surface area is 153 Å². The Morgan fingerprint density at radius 3 is 2.74 bits per heavy atom. The van der Waals surface area contributed by atoms with Gasteiger partial charge in [0.2, 0.25) is 5.91 Å². The molecule has 2 aromatic carbocycles. The maximum absolute atomic E-state index is 12.6. The summed E-state index contributed by atoms with van der Waals surface area (Å²) in [5.74, 6) is -0.830. The number of aromatic amines is 1. The van der Waals surface area contributed by atoms with Crippen molar-refractivity contribution in [2.24, 2.45) is 0 Å². The van der Waals surface area contributed by atoms with Crippen LogP contribution in [0.5, 0.6) is 5.75 Å². The molecule has 0 spiro atoms. The van der Waals surface area contributed by atoms with Crippen LogP contribution in [0.15, 0.2) is 54.7 Å². The second-order valence-electron chi connectivity index (χ2n) is 5.86. The van der Waals surface area contributed by atoms with Crippen molar-refractivity contribution >= 4 is 28.4 Å². The second-order valence-corrected chi connectivity index (χ2v) is 5.86. The minimum absolute atomic E-state index is 0.0639. The Balaban J connectivity index is 1.64. The molecule has 3 aromatic rings. The number of likely N-dealkylation sites (N-methyl/N-ethyl adjacent to an activating group) is 1. The fourth-order valence-electron chi connectivity index (χ4n) is 2.69. The van der Waals surface area contributed by atoms with Gasteiger partial charge in [0.05, 0.1) is 12.1 Å². The summed E-state index contributed by atoms with van der Waals surface area (Å²) in [6.45, 7) is -3.14. The van der Waals surface area contributed by atoms with E-state index in [4.69, 9.17) is 0 Å². The summed E-state index contributed by atoms with van der Waals surface area (Å²) in [7, 11) is 1.51. The number of amides is 2. The molecule has 1 heterocycles. The van der Waals surface area contributed by atoms with Crippen molar-refractivity contribution < 1.29 is 23.1 Å². The first-order valence-electron chi connectivity index (χ1n) is 8.10. The zero-order valence-electron chi connectivity index (χ0n) is 14.4. The van der Waals surface area contributed by atoms with Gasteiger partial charge in [-0.25, -0.2) is 0 Å². The summed E-state index contributed by atoms with van der Waals surface area (Å²) in [6, 6.07) is 13.0. The molecule has 0 saturated carbocycles. The highest BCUT2D eigenvalue weighted by molar-refractivity contribution is 6.08. The van der Waals surface area contributed by atoms with Crippen LogP contribution in [-0.4, -0.2) is 41.9 Å². The number of rotatable bonds is 6. The third-order valence-corrected chi connectivity index (χ3v) is 3.89. The molecule has 0 aliphatic rings. The fraction of sp³-hybridized carbons (Fsp3) is 0.158. The number of hydrogen-bond donors (Lipinski definition) is 2. The predicted molar refractivity (Wildman–Crippen MR) is 97.0 cm³/mol. The molecule has 0 unspecified atom stereocenters. The van der Waals surface area contributed by atoms with E-state index in [0.717, 1.165) is 10.9 Å². The van der Waals surface area contributed by atoms with E-state index >= 15 is 0 Å². The monoisotopic (exact) mass is 373 g/mol. The first kappa shape index (κ1) is 18.4. The predicted octanol–water partition coefficient (Wildman–Crippen LogP) is 3.48. The van der Waals surface area contributed by atoms with Crippen LogP contribution >= 0.6 is 0 Å². The summed E-state index contributed by atoms with van der Waals surface area (Å²) in [5, 5.41) is 3.33. The van der Waals surface area contributed by atoms with Gasteiger partial charge < -0.3 is 19.9 Å². The Kier molecular flexibility index (Phi) is 5.35. The summed E-state index contributed by atoms with van der Waals surface area (Å²) in [6.07, 6.45) is 1.60. The number of carbonyl (C=O) groups excluding carboxylic acids is 2. The molecule has 27 heavy (non-hydrogen) atoms. The summed E-state index contributed by atoms with van der Waals surface area (Å²) < 4.78 is 28.8. The van der Waals surface area contributed by atoms with Gasteiger partial charge >= 0.3 is 6.61 Å². The molecule has 3 rings (SSSR count). The molecule has 2 N–H and O–H groups in total. The van der Waals surface area contributed by atoms with Crippen LogP contribution in [-0.2, 0) is 4.79 Å². The van der Waals surface area contributed by atoms with Crippen LogP contribution in [0, 0.1) is 0 Å². The van der Waals surface area contributed by atoms with E-state index in [1.807, 2.05) is 24.3 Å². The number of anilines is 1. The fourth-order valence-corrected chi connectivity index (χ4v) is 2.69. The number of benzene rings is 2. The van der Waals surface area contributed by atoms with Gasteiger partial charge in [0.1, 0.15) is 5.75 Å². The molecule has 6 nitrogen and oxygen atoms in total. The number of hydrogen-bond acceptors (Lipinski definition) is 3. The average molecular weight is 373 g/mol. The van der Waals surface area contributed by atoms with Gasteiger partial charge in [-0.05, 0) is 18.2 Å². The number of halogens is 2. The number of aromatic nitrogens is 1. The molecule has 0 aliphatic carbocycles. The van der Waals surface area contributed by atoms with Gasteiger partial charge in [-0.15, -0.1) is 0 Å². The molecule has 0 atom stereocenters. The number of H-pyrrole nitrogens is 1. The maximum atomic E-state index is 12.6. The first-order chi connectivity index (χ1) is 12.9. The normalized spacial score (nSPS) is 10.8. The Morgan fingerprint density at radius 1 is 1.19 bits per heavy atom. The molecule has 140 valence electrons. The van der Waals surface area contributed by atoms with Crippen LogP contribution < -0.4 is 10.1 Å². The number of nitrogens with zero attached hydrogens (tertiary/aromatic N) is 1. The van der Waals surface area contributed by atoms with E-state index < -0.39 is 12.5 Å². The van der Waals surface area contributed by atoms with Crippen molar-refractivity contribution in [2.45, 2.75) is 6.61 Å². The zero-order valence-corrected chi connectivity index (χ0v) is 14.4. The third kappa shape index (κ3) is 4.41. The molecule has 0 radical (unpaired) electrons.